The molecule has 0 spiro atoms. The maximum Gasteiger partial charge on any atom is 0.191 e. The van der Waals surface area contributed by atoms with Crippen LogP contribution < -0.4 is 10.6 Å². The van der Waals surface area contributed by atoms with Gasteiger partial charge in [-0.3, -0.25) is 9.67 Å². The van der Waals surface area contributed by atoms with E-state index in [1.807, 2.05) is 30.2 Å². The molecular formula is C22H28IN5. The van der Waals surface area contributed by atoms with Crippen LogP contribution in [0, 0.1) is 0 Å². The van der Waals surface area contributed by atoms with Gasteiger partial charge in [-0.25, -0.2) is 0 Å². The Morgan fingerprint density at radius 2 is 1.71 bits per heavy atom. The summed E-state index contributed by atoms with van der Waals surface area (Å²) < 4.78 is 1.94. The Labute approximate surface area is 184 Å². The normalized spacial score (nSPS) is 11.0. The number of aliphatic imine (C=N–C) groups is 1. The van der Waals surface area contributed by atoms with Crippen molar-refractivity contribution in [2.75, 3.05) is 13.6 Å². The molecule has 3 aromatic rings. The molecule has 0 radical (unpaired) electrons. The average molecular weight is 489 g/mol. The van der Waals surface area contributed by atoms with Gasteiger partial charge in [-0.05, 0) is 35.6 Å². The van der Waals surface area contributed by atoms with Crippen molar-refractivity contribution in [2.45, 2.75) is 25.9 Å². The fraction of sp³-hybridized carbons (Fsp3) is 0.273. The molecule has 2 N–H and O–H groups in total. The Balaban J connectivity index is 0.00000280. The molecule has 0 aliphatic carbocycles. The van der Waals surface area contributed by atoms with Crippen molar-refractivity contribution in [3.05, 3.63) is 89.7 Å². The third kappa shape index (κ3) is 6.99. The molecule has 5 nitrogen and oxygen atoms in total. The number of aryl methyl sites for hydroxylation is 1. The summed E-state index contributed by atoms with van der Waals surface area (Å²) in [6.07, 6.45) is 5.93. The first-order valence-electron chi connectivity index (χ1n) is 9.38. The van der Waals surface area contributed by atoms with Crippen molar-refractivity contribution in [3.8, 4) is 0 Å². The van der Waals surface area contributed by atoms with Crippen LogP contribution in [0.15, 0.2) is 78.0 Å². The minimum Gasteiger partial charge on any atom is -0.356 e. The highest BCUT2D eigenvalue weighted by molar-refractivity contribution is 14.0. The number of guanidine groups is 1. The van der Waals surface area contributed by atoms with Gasteiger partial charge >= 0.3 is 0 Å². The summed E-state index contributed by atoms with van der Waals surface area (Å²) in [5.41, 5.74) is 3.88. The van der Waals surface area contributed by atoms with Gasteiger partial charge < -0.3 is 10.6 Å². The number of nitrogens with zero attached hydrogens (tertiary/aromatic N) is 3. The second-order valence-electron chi connectivity index (χ2n) is 6.41. The third-order valence-electron chi connectivity index (χ3n) is 4.46. The van der Waals surface area contributed by atoms with E-state index in [0.717, 1.165) is 38.4 Å². The zero-order valence-corrected chi connectivity index (χ0v) is 18.5. The maximum absolute atomic E-state index is 4.33. The van der Waals surface area contributed by atoms with E-state index in [9.17, 15) is 0 Å². The number of hydrogen-bond acceptors (Lipinski definition) is 2. The van der Waals surface area contributed by atoms with Crippen LogP contribution in [0.2, 0.25) is 0 Å². The van der Waals surface area contributed by atoms with Crippen LogP contribution in [0.4, 0.5) is 0 Å². The quantitative estimate of drug-likeness (QED) is 0.219. The van der Waals surface area contributed by atoms with Crippen LogP contribution in [0.5, 0.6) is 0 Å². The van der Waals surface area contributed by atoms with Crippen LogP contribution in [0.1, 0.15) is 23.1 Å². The van der Waals surface area contributed by atoms with E-state index in [4.69, 9.17) is 0 Å². The first kappa shape index (κ1) is 21.9. The Hall–Kier alpha value is -2.35. The highest BCUT2D eigenvalue weighted by atomic mass is 127. The van der Waals surface area contributed by atoms with Gasteiger partial charge in [0.2, 0.25) is 0 Å². The van der Waals surface area contributed by atoms with Gasteiger partial charge in [0.05, 0.1) is 6.54 Å². The summed E-state index contributed by atoms with van der Waals surface area (Å²) in [7, 11) is 1.81. The van der Waals surface area contributed by atoms with Gasteiger partial charge in [-0.15, -0.1) is 24.0 Å². The minimum atomic E-state index is 0. The Bertz CT molecular complexity index is 831. The number of hydrogen-bond donors (Lipinski definition) is 2. The average Bonchev–Trinajstić information content (AvgIpc) is 3.22. The Morgan fingerprint density at radius 3 is 2.43 bits per heavy atom. The Kier molecular flexibility index (Phi) is 9.54. The number of halogens is 1. The van der Waals surface area contributed by atoms with Crippen molar-refractivity contribution < 1.29 is 0 Å². The smallest absolute Gasteiger partial charge is 0.191 e. The minimum absolute atomic E-state index is 0. The predicted octanol–water partition coefficient (Wildman–Crippen LogP) is 3.85. The molecule has 0 saturated heterocycles. The predicted molar refractivity (Wildman–Crippen MR) is 126 cm³/mol. The molecule has 0 aliphatic heterocycles. The van der Waals surface area contributed by atoms with Crippen LogP contribution in [-0.4, -0.2) is 29.3 Å². The van der Waals surface area contributed by atoms with Gasteiger partial charge in [0, 0.05) is 32.5 Å². The highest BCUT2D eigenvalue weighted by Crippen LogP contribution is 2.10. The molecule has 1 heterocycles. The molecule has 0 fully saturated rings. The van der Waals surface area contributed by atoms with Gasteiger partial charge in [0.15, 0.2) is 5.96 Å². The monoisotopic (exact) mass is 489 g/mol. The molecule has 0 bridgehead atoms. The van der Waals surface area contributed by atoms with E-state index >= 15 is 0 Å². The van der Waals surface area contributed by atoms with Crippen LogP contribution >= 0.6 is 24.0 Å². The maximum atomic E-state index is 4.33. The molecule has 0 unspecified atom stereocenters. The lowest BCUT2D eigenvalue weighted by Crippen LogP contribution is -2.37. The van der Waals surface area contributed by atoms with Gasteiger partial charge in [-0.2, -0.15) is 5.10 Å². The van der Waals surface area contributed by atoms with E-state index in [-0.39, 0.29) is 24.0 Å². The van der Waals surface area contributed by atoms with Crippen LogP contribution in [-0.2, 0) is 19.5 Å². The third-order valence-corrected chi connectivity index (χ3v) is 4.46. The lowest BCUT2D eigenvalue weighted by atomic mass is 10.1. The summed E-state index contributed by atoms with van der Waals surface area (Å²) in [5.74, 6) is 0.831. The van der Waals surface area contributed by atoms with Gasteiger partial charge in [-0.1, -0.05) is 54.6 Å². The zero-order chi connectivity index (χ0) is 18.7. The number of aromatic nitrogens is 2. The molecule has 3 rings (SSSR count). The van der Waals surface area contributed by atoms with E-state index < -0.39 is 0 Å². The van der Waals surface area contributed by atoms with Crippen LogP contribution in [0.25, 0.3) is 0 Å². The van der Waals surface area contributed by atoms with E-state index in [1.54, 1.807) is 0 Å². The molecular weight excluding hydrogens is 461 g/mol. The fourth-order valence-electron chi connectivity index (χ4n) is 3.00. The SMILES string of the molecule is CN=C(NCCCc1ccccc1)NCc1ccccc1Cn1cccn1.I. The standard InChI is InChI=1S/C22H27N5.HI/c1-23-22(24-14-7-11-19-9-3-2-4-10-19)25-17-20-12-5-6-13-21(20)18-27-16-8-15-26-27;/h2-6,8-10,12-13,15-16H,7,11,14,17-18H2,1H3,(H2,23,24,25);1H. The van der Waals surface area contributed by atoms with Gasteiger partial charge in [0.1, 0.15) is 0 Å². The van der Waals surface area contributed by atoms with E-state index in [1.165, 1.54) is 16.7 Å². The van der Waals surface area contributed by atoms with Crippen LogP contribution in [0.3, 0.4) is 0 Å². The molecule has 0 aliphatic rings. The summed E-state index contributed by atoms with van der Waals surface area (Å²) in [6, 6.07) is 20.9. The summed E-state index contributed by atoms with van der Waals surface area (Å²) in [4.78, 5) is 4.33. The van der Waals surface area contributed by atoms with Crippen molar-refractivity contribution in [1.29, 1.82) is 0 Å². The van der Waals surface area contributed by atoms with Crippen molar-refractivity contribution in [3.63, 3.8) is 0 Å². The molecule has 6 heteroatoms. The number of nitrogens with one attached hydrogen (secondary N) is 2. The topological polar surface area (TPSA) is 54.2 Å². The molecule has 0 saturated carbocycles. The zero-order valence-electron chi connectivity index (χ0n) is 16.2. The van der Waals surface area contributed by atoms with E-state index in [0.29, 0.717) is 0 Å². The summed E-state index contributed by atoms with van der Waals surface area (Å²) >= 11 is 0. The number of benzene rings is 2. The first-order chi connectivity index (χ1) is 13.3. The number of rotatable bonds is 8. The summed E-state index contributed by atoms with van der Waals surface area (Å²) in [6.45, 7) is 2.40. The highest BCUT2D eigenvalue weighted by Gasteiger charge is 2.04. The molecule has 0 atom stereocenters. The first-order valence-corrected chi connectivity index (χ1v) is 9.38. The van der Waals surface area contributed by atoms with Crippen molar-refractivity contribution >= 4 is 29.9 Å². The second-order valence-corrected chi connectivity index (χ2v) is 6.41. The van der Waals surface area contributed by atoms with Crippen molar-refractivity contribution in [1.82, 2.24) is 20.4 Å². The fourth-order valence-corrected chi connectivity index (χ4v) is 3.00. The lowest BCUT2D eigenvalue weighted by Gasteiger charge is -2.14. The molecule has 0 amide bonds. The lowest BCUT2D eigenvalue weighted by molar-refractivity contribution is 0.677. The van der Waals surface area contributed by atoms with E-state index in [2.05, 4.69) is 75.3 Å². The second kappa shape index (κ2) is 12.2. The molecule has 2 aromatic carbocycles. The van der Waals surface area contributed by atoms with Crippen molar-refractivity contribution in [2.24, 2.45) is 4.99 Å². The molecule has 28 heavy (non-hydrogen) atoms. The summed E-state index contributed by atoms with van der Waals surface area (Å²) in [5, 5.41) is 11.1. The Morgan fingerprint density at radius 1 is 0.964 bits per heavy atom. The molecule has 148 valence electrons. The van der Waals surface area contributed by atoms with Gasteiger partial charge in [0.25, 0.3) is 0 Å². The largest absolute Gasteiger partial charge is 0.356 e. The molecule has 1 aromatic heterocycles.